The lowest BCUT2D eigenvalue weighted by Crippen LogP contribution is -2.47. The van der Waals surface area contributed by atoms with Gasteiger partial charge in [-0.15, -0.1) is 0 Å². The second kappa shape index (κ2) is 9.15. The van der Waals surface area contributed by atoms with E-state index in [2.05, 4.69) is 10.6 Å². The summed E-state index contributed by atoms with van der Waals surface area (Å²) >= 11 is 0. The molecule has 0 spiro atoms. The fourth-order valence-electron chi connectivity index (χ4n) is 4.78. The van der Waals surface area contributed by atoms with E-state index in [-0.39, 0.29) is 18.5 Å². The van der Waals surface area contributed by atoms with Gasteiger partial charge in [0.15, 0.2) is 5.54 Å². The molecule has 32 heavy (non-hydrogen) atoms. The first-order valence-electron chi connectivity index (χ1n) is 11.5. The molecule has 1 heterocycles. The van der Waals surface area contributed by atoms with Gasteiger partial charge in [0.2, 0.25) is 5.91 Å². The molecule has 168 valence electrons. The van der Waals surface area contributed by atoms with Crippen LogP contribution in [0.3, 0.4) is 0 Å². The Labute approximate surface area is 189 Å². The van der Waals surface area contributed by atoms with Crippen molar-refractivity contribution in [2.24, 2.45) is 0 Å². The summed E-state index contributed by atoms with van der Waals surface area (Å²) in [5.74, 6) is -0.711. The minimum absolute atomic E-state index is 0.115. The molecule has 0 aromatic heterocycles. The number of benzene rings is 2. The molecule has 2 aliphatic rings. The third-order valence-corrected chi connectivity index (χ3v) is 6.77. The van der Waals surface area contributed by atoms with Gasteiger partial charge in [0.25, 0.3) is 5.91 Å². The fourth-order valence-corrected chi connectivity index (χ4v) is 4.78. The molecular weight excluding hydrogens is 402 g/mol. The molecule has 6 heteroatoms. The molecule has 1 aliphatic carbocycles. The van der Waals surface area contributed by atoms with Gasteiger partial charge in [-0.3, -0.25) is 14.5 Å². The molecule has 2 fully saturated rings. The van der Waals surface area contributed by atoms with Crippen molar-refractivity contribution in [3.63, 3.8) is 0 Å². The Balaban J connectivity index is 1.63. The molecule has 4 amide bonds. The largest absolute Gasteiger partial charge is 0.352 e. The highest BCUT2D eigenvalue weighted by molar-refractivity contribution is 6.11. The molecule has 4 rings (SSSR count). The summed E-state index contributed by atoms with van der Waals surface area (Å²) in [6.07, 6.45) is 6.46. The van der Waals surface area contributed by atoms with E-state index in [0.717, 1.165) is 41.7 Å². The Kier molecular flexibility index (Phi) is 6.31. The van der Waals surface area contributed by atoms with Gasteiger partial charge in [-0.1, -0.05) is 74.2 Å². The van der Waals surface area contributed by atoms with Crippen LogP contribution in [-0.4, -0.2) is 35.3 Å². The maximum atomic E-state index is 13.8. The maximum Gasteiger partial charge on any atom is 0.326 e. The van der Waals surface area contributed by atoms with Crippen LogP contribution in [0.5, 0.6) is 0 Å². The van der Waals surface area contributed by atoms with E-state index in [0.29, 0.717) is 11.1 Å². The van der Waals surface area contributed by atoms with E-state index in [1.54, 1.807) is 0 Å². The van der Waals surface area contributed by atoms with Crippen molar-refractivity contribution in [2.75, 3.05) is 6.54 Å². The van der Waals surface area contributed by atoms with E-state index in [9.17, 15) is 14.4 Å². The molecule has 2 aromatic carbocycles. The number of rotatable bonds is 5. The number of imide groups is 1. The van der Waals surface area contributed by atoms with Crippen molar-refractivity contribution in [3.8, 4) is 0 Å². The van der Waals surface area contributed by atoms with Crippen LogP contribution in [0, 0.1) is 13.8 Å². The summed E-state index contributed by atoms with van der Waals surface area (Å²) < 4.78 is 0. The first-order chi connectivity index (χ1) is 15.4. The van der Waals surface area contributed by atoms with Crippen LogP contribution < -0.4 is 10.6 Å². The predicted molar refractivity (Wildman–Crippen MR) is 123 cm³/mol. The third-order valence-electron chi connectivity index (χ3n) is 6.77. The highest BCUT2D eigenvalue weighted by Gasteiger charge is 2.54. The van der Waals surface area contributed by atoms with Crippen LogP contribution >= 0.6 is 0 Å². The van der Waals surface area contributed by atoms with Crippen molar-refractivity contribution in [1.82, 2.24) is 15.5 Å². The van der Waals surface area contributed by atoms with Crippen molar-refractivity contribution < 1.29 is 14.4 Å². The molecule has 1 saturated heterocycles. The molecule has 1 aliphatic heterocycles. The zero-order valence-electron chi connectivity index (χ0n) is 18.8. The van der Waals surface area contributed by atoms with E-state index < -0.39 is 17.5 Å². The van der Waals surface area contributed by atoms with Crippen molar-refractivity contribution >= 4 is 17.8 Å². The summed E-state index contributed by atoms with van der Waals surface area (Å²) in [5, 5.41) is 5.96. The first-order valence-corrected chi connectivity index (χ1v) is 11.5. The lowest BCUT2D eigenvalue weighted by molar-refractivity contribution is -0.134. The zero-order valence-corrected chi connectivity index (χ0v) is 18.8. The Hall–Kier alpha value is -3.15. The second-order valence-corrected chi connectivity index (χ2v) is 8.99. The van der Waals surface area contributed by atoms with Crippen LogP contribution in [0.15, 0.2) is 48.5 Å². The normalized spacial score (nSPS) is 21.9. The van der Waals surface area contributed by atoms with E-state index >= 15 is 0 Å². The molecule has 0 bridgehead atoms. The highest BCUT2D eigenvalue weighted by Crippen LogP contribution is 2.36. The molecule has 2 N–H and O–H groups in total. The van der Waals surface area contributed by atoms with Crippen molar-refractivity contribution in [2.45, 2.75) is 64.0 Å². The number of urea groups is 1. The molecule has 2 aromatic rings. The predicted octanol–water partition coefficient (Wildman–Crippen LogP) is 3.94. The summed E-state index contributed by atoms with van der Waals surface area (Å²) in [7, 11) is 0. The van der Waals surface area contributed by atoms with E-state index in [4.69, 9.17) is 0 Å². The number of nitrogens with zero attached hydrogens (tertiary/aromatic N) is 1. The quantitative estimate of drug-likeness (QED) is 0.554. The van der Waals surface area contributed by atoms with Gasteiger partial charge in [0.05, 0.1) is 0 Å². The Morgan fingerprint density at radius 2 is 1.66 bits per heavy atom. The topological polar surface area (TPSA) is 78.5 Å². The fraction of sp³-hybridized carbons (Fsp3) is 0.423. The summed E-state index contributed by atoms with van der Waals surface area (Å²) in [4.78, 5) is 40.6. The average Bonchev–Trinajstić information content (AvgIpc) is 2.94. The third kappa shape index (κ3) is 4.14. The van der Waals surface area contributed by atoms with Crippen LogP contribution in [0.1, 0.15) is 60.8 Å². The molecule has 6 nitrogen and oxygen atoms in total. The van der Waals surface area contributed by atoms with Gasteiger partial charge < -0.3 is 10.6 Å². The molecule has 1 saturated carbocycles. The van der Waals surface area contributed by atoms with E-state index in [1.807, 2.05) is 62.4 Å². The molecule has 1 atom stereocenters. The zero-order chi connectivity index (χ0) is 22.7. The van der Waals surface area contributed by atoms with E-state index in [1.165, 1.54) is 12.8 Å². The van der Waals surface area contributed by atoms with Crippen LogP contribution in [0.25, 0.3) is 0 Å². The molecular formula is C26H31N3O3. The lowest BCUT2D eigenvalue weighted by Gasteiger charge is -2.28. The molecule has 0 radical (unpaired) electrons. The monoisotopic (exact) mass is 433 g/mol. The Morgan fingerprint density at radius 3 is 2.31 bits per heavy atom. The summed E-state index contributed by atoms with van der Waals surface area (Å²) in [5.41, 5.74) is 2.15. The van der Waals surface area contributed by atoms with Gasteiger partial charge in [0, 0.05) is 6.04 Å². The van der Waals surface area contributed by atoms with Crippen LogP contribution in [0.4, 0.5) is 4.79 Å². The molecule has 0 unspecified atom stereocenters. The summed E-state index contributed by atoms with van der Waals surface area (Å²) in [6, 6.07) is 14.6. The van der Waals surface area contributed by atoms with Crippen LogP contribution in [-0.2, 0) is 15.1 Å². The van der Waals surface area contributed by atoms with Gasteiger partial charge in [-0.2, -0.15) is 0 Å². The number of hydrogen-bond acceptors (Lipinski definition) is 3. The second-order valence-electron chi connectivity index (χ2n) is 8.99. The average molecular weight is 434 g/mol. The van der Waals surface area contributed by atoms with Gasteiger partial charge in [0.1, 0.15) is 6.54 Å². The minimum atomic E-state index is -1.35. The number of aryl methyl sites for hydroxylation is 2. The number of amides is 4. The van der Waals surface area contributed by atoms with Gasteiger partial charge >= 0.3 is 6.03 Å². The smallest absolute Gasteiger partial charge is 0.326 e. The highest BCUT2D eigenvalue weighted by atomic mass is 16.2. The summed E-state index contributed by atoms with van der Waals surface area (Å²) in [6.45, 7) is 3.71. The number of nitrogens with one attached hydrogen (secondary N) is 2. The van der Waals surface area contributed by atoms with Gasteiger partial charge in [-0.25, -0.2) is 4.79 Å². The first kappa shape index (κ1) is 22.1. The standard InChI is InChI=1S/C26H31N3O3/c1-18-14-15-21(16-19(18)2)26(20-10-6-5-7-11-20)24(31)29(25(32)28-26)17-23(30)27-22-12-8-3-4-9-13-22/h5-7,10-11,14-16,22H,3-4,8-9,12-13,17H2,1-2H3,(H,27,30)(H,28,32)/t26-/m0/s1. The Morgan fingerprint density at radius 1 is 0.969 bits per heavy atom. The van der Waals surface area contributed by atoms with Crippen molar-refractivity contribution in [3.05, 3.63) is 70.8 Å². The van der Waals surface area contributed by atoms with Crippen LogP contribution in [0.2, 0.25) is 0 Å². The SMILES string of the molecule is Cc1ccc([C@]2(c3ccccc3)NC(=O)N(CC(=O)NC3CCCCCC3)C2=O)cc1C. The number of carbonyl (C=O) groups is 3. The van der Waals surface area contributed by atoms with Crippen molar-refractivity contribution in [1.29, 1.82) is 0 Å². The Bertz CT molecular complexity index is 1010. The maximum absolute atomic E-state index is 13.8. The minimum Gasteiger partial charge on any atom is -0.352 e. The lowest BCUT2D eigenvalue weighted by atomic mass is 9.81. The number of hydrogen-bond donors (Lipinski definition) is 2. The number of carbonyl (C=O) groups excluding carboxylic acids is 3. The van der Waals surface area contributed by atoms with Gasteiger partial charge in [-0.05, 0) is 48.9 Å².